The highest BCUT2D eigenvalue weighted by atomic mass is 32.1. The highest BCUT2D eigenvalue weighted by Gasteiger charge is 2.27. The molecule has 0 spiro atoms. The van der Waals surface area contributed by atoms with Crippen LogP contribution in [-0.4, -0.2) is 60.3 Å². The predicted octanol–water partition coefficient (Wildman–Crippen LogP) is 2.38. The third kappa shape index (κ3) is 2.83. The molecule has 4 heterocycles. The Labute approximate surface area is 134 Å². The van der Waals surface area contributed by atoms with Crippen LogP contribution in [0.5, 0.6) is 0 Å². The molecule has 2 aliphatic rings. The van der Waals surface area contributed by atoms with Gasteiger partial charge in [-0.15, -0.1) is 11.3 Å². The lowest BCUT2D eigenvalue weighted by molar-refractivity contribution is 0.0338. The maximum atomic E-state index is 5.47. The van der Waals surface area contributed by atoms with Crippen molar-refractivity contribution in [1.29, 1.82) is 0 Å². The highest BCUT2D eigenvalue weighted by molar-refractivity contribution is 7.16. The van der Waals surface area contributed by atoms with Gasteiger partial charge in [0.05, 0.1) is 18.6 Å². The zero-order valence-corrected chi connectivity index (χ0v) is 13.6. The molecule has 4 rings (SSSR count). The van der Waals surface area contributed by atoms with Gasteiger partial charge in [0, 0.05) is 32.2 Å². The summed E-state index contributed by atoms with van der Waals surface area (Å²) in [6.07, 6.45) is 5.56. The third-order valence-electron chi connectivity index (χ3n) is 4.71. The van der Waals surface area contributed by atoms with Gasteiger partial charge >= 0.3 is 0 Å². The van der Waals surface area contributed by atoms with Crippen LogP contribution in [0, 0.1) is 0 Å². The van der Waals surface area contributed by atoms with Gasteiger partial charge in [-0.05, 0) is 30.7 Å². The topological polar surface area (TPSA) is 41.5 Å². The lowest BCUT2D eigenvalue weighted by atomic mass is 10.0. The fourth-order valence-electron chi connectivity index (χ4n) is 3.56. The molecule has 118 valence electrons. The number of aromatic nitrogens is 2. The average Bonchev–Trinajstić information content (AvgIpc) is 3.05. The van der Waals surface area contributed by atoms with Crippen LogP contribution < -0.4 is 4.90 Å². The van der Waals surface area contributed by atoms with Crippen LogP contribution >= 0.6 is 11.3 Å². The van der Waals surface area contributed by atoms with E-state index in [2.05, 4.69) is 31.2 Å². The summed E-state index contributed by atoms with van der Waals surface area (Å²) in [5.74, 6) is 1.13. The van der Waals surface area contributed by atoms with Gasteiger partial charge in [-0.2, -0.15) is 0 Å². The molecule has 22 heavy (non-hydrogen) atoms. The van der Waals surface area contributed by atoms with Crippen LogP contribution in [-0.2, 0) is 4.74 Å². The van der Waals surface area contributed by atoms with E-state index in [0.29, 0.717) is 6.04 Å². The largest absolute Gasteiger partial charge is 0.379 e. The van der Waals surface area contributed by atoms with E-state index in [1.54, 1.807) is 17.7 Å². The van der Waals surface area contributed by atoms with E-state index >= 15 is 0 Å². The summed E-state index contributed by atoms with van der Waals surface area (Å²) in [6.45, 7) is 6.09. The average molecular weight is 318 g/mol. The van der Waals surface area contributed by atoms with Crippen molar-refractivity contribution in [2.24, 2.45) is 0 Å². The molecular formula is C16H22N4OS. The van der Waals surface area contributed by atoms with Gasteiger partial charge in [-0.1, -0.05) is 0 Å². The molecule has 1 atom stereocenters. The smallest absolute Gasteiger partial charge is 0.141 e. The lowest BCUT2D eigenvalue weighted by Crippen LogP contribution is -2.49. The summed E-state index contributed by atoms with van der Waals surface area (Å²) in [5.41, 5.74) is 0. The molecule has 0 amide bonds. The molecule has 0 radical (unpaired) electrons. The summed E-state index contributed by atoms with van der Waals surface area (Å²) >= 11 is 1.70. The molecule has 0 N–H and O–H groups in total. The van der Waals surface area contributed by atoms with Crippen LogP contribution in [0.25, 0.3) is 10.2 Å². The molecule has 2 aromatic heterocycles. The standard InChI is InChI=1S/C16H22N4OS/c1-2-5-20(13(3-1)11-19-6-8-21-9-7-19)15-14-4-10-22-16(14)18-12-17-15/h4,10,12-13H,1-3,5-9,11H2/t13-/m1/s1. The van der Waals surface area contributed by atoms with Crippen molar-refractivity contribution in [1.82, 2.24) is 14.9 Å². The van der Waals surface area contributed by atoms with E-state index in [9.17, 15) is 0 Å². The van der Waals surface area contributed by atoms with Crippen LogP contribution in [0.3, 0.4) is 0 Å². The minimum Gasteiger partial charge on any atom is -0.379 e. The van der Waals surface area contributed by atoms with Gasteiger partial charge < -0.3 is 9.64 Å². The maximum Gasteiger partial charge on any atom is 0.141 e. The van der Waals surface area contributed by atoms with Gasteiger partial charge in [0.15, 0.2) is 0 Å². The second-order valence-electron chi connectivity index (χ2n) is 6.09. The van der Waals surface area contributed by atoms with Crippen molar-refractivity contribution in [2.45, 2.75) is 25.3 Å². The first-order chi connectivity index (χ1) is 10.9. The van der Waals surface area contributed by atoms with Gasteiger partial charge in [0.1, 0.15) is 17.0 Å². The molecule has 0 aliphatic carbocycles. The molecule has 0 saturated carbocycles. The Morgan fingerprint density at radius 3 is 3.00 bits per heavy atom. The number of fused-ring (bicyclic) bond motifs is 1. The number of nitrogens with zero attached hydrogens (tertiary/aromatic N) is 4. The van der Waals surface area contributed by atoms with Crippen LogP contribution in [0.1, 0.15) is 19.3 Å². The Kier molecular flexibility index (Phi) is 4.23. The van der Waals surface area contributed by atoms with Crippen molar-refractivity contribution in [3.63, 3.8) is 0 Å². The van der Waals surface area contributed by atoms with Gasteiger partial charge in [0.2, 0.25) is 0 Å². The Balaban J connectivity index is 1.58. The normalized spacial score (nSPS) is 24.0. The first-order valence-electron chi connectivity index (χ1n) is 8.17. The van der Waals surface area contributed by atoms with Crippen molar-refractivity contribution in [3.05, 3.63) is 17.8 Å². The molecule has 0 aromatic carbocycles. The fraction of sp³-hybridized carbons (Fsp3) is 0.625. The molecule has 0 unspecified atom stereocenters. The lowest BCUT2D eigenvalue weighted by Gasteiger charge is -2.40. The van der Waals surface area contributed by atoms with E-state index in [4.69, 9.17) is 4.74 Å². The molecular weight excluding hydrogens is 296 g/mol. The van der Waals surface area contributed by atoms with E-state index in [-0.39, 0.29) is 0 Å². The van der Waals surface area contributed by atoms with Crippen molar-refractivity contribution in [3.8, 4) is 0 Å². The summed E-state index contributed by atoms with van der Waals surface area (Å²) in [4.78, 5) is 15.2. The first-order valence-corrected chi connectivity index (χ1v) is 9.05. The molecule has 2 aliphatic heterocycles. The Morgan fingerprint density at radius 1 is 1.18 bits per heavy atom. The molecule has 2 aromatic rings. The van der Waals surface area contributed by atoms with Gasteiger partial charge in [0.25, 0.3) is 0 Å². The van der Waals surface area contributed by atoms with Crippen molar-refractivity contribution >= 4 is 27.4 Å². The van der Waals surface area contributed by atoms with E-state index < -0.39 is 0 Å². The summed E-state index contributed by atoms with van der Waals surface area (Å²) in [7, 11) is 0. The SMILES string of the molecule is c1nc(N2CCCC[C@@H]2CN2CCOCC2)c2ccsc2n1. The molecule has 5 nitrogen and oxygen atoms in total. The van der Waals surface area contributed by atoms with E-state index in [1.807, 2.05) is 0 Å². The van der Waals surface area contributed by atoms with Crippen LogP contribution in [0.2, 0.25) is 0 Å². The molecule has 2 saturated heterocycles. The summed E-state index contributed by atoms with van der Waals surface area (Å²) in [5, 5.41) is 3.32. The quantitative estimate of drug-likeness (QED) is 0.869. The number of anilines is 1. The van der Waals surface area contributed by atoms with Crippen LogP contribution in [0.15, 0.2) is 17.8 Å². The van der Waals surface area contributed by atoms with Crippen LogP contribution in [0.4, 0.5) is 5.82 Å². The minimum absolute atomic E-state index is 0.560. The number of hydrogen-bond donors (Lipinski definition) is 0. The number of morpholine rings is 1. The Morgan fingerprint density at radius 2 is 2.09 bits per heavy atom. The second-order valence-corrected chi connectivity index (χ2v) is 6.99. The Bertz CT molecular complexity index is 625. The maximum absolute atomic E-state index is 5.47. The summed E-state index contributed by atoms with van der Waals surface area (Å²) < 4.78 is 5.47. The Hall–Kier alpha value is -1.24. The monoisotopic (exact) mass is 318 g/mol. The first kappa shape index (κ1) is 14.4. The zero-order valence-electron chi connectivity index (χ0n) is 12.8. The molecule has 0 bridgehead atoms. The number of ether oxygens (including phenoxy) is 1. The number of piperidine rings is 1. The van der Waals surface area contributed by atoms with E-state index in [0.717, 1.165) is 50.0 Å². The summed E-state index contributed by atoms with van der Waals surface area (Å²) in [6, 6.07) is 2.72. The minimum atomic E-state index is 0.560. The van der Waals surface area contributed by atoms with Crippen molar-refractivity contribution in [2.75, 3.05) is 44.3 Å². The molecule has 6 heteroatoms. The molecule has 2 fully saturated rings. The number of rotatable bonds is 3. The second kappa shape index (κ2) is 6.48. The van der Waals surface area contributed by atoms with Gasteiger partial charge in [-0.3, -0.25) is 4.90 Å². The van der Waals surface area contributed by atoms with Crippen molar-refractivity contribution < 1.29 is 4.74 Å². The van der Waals surface area contributed by atoms with E-state index in [1.165, 1.54) is 24.6 Å². The fourth-order valence-corrected chi connectivity index (χ4v) is 4.28. The van der Waals surface area contributed by atoms with Gasteiger partial charge in [-0.25, -0.2) is 9.97 Å². The predicted molar refractivity (Wildman–Crippen MR) is 89.7 cm³/mol. The number of thiophene rings is 1. The highest BCUT2D eigenvalue weighted by Crippen LogP contribution is 2.31. The zero-order chi connectivity index (χ0) is 14.8. The third-order valence-corrected chi connectivity index (χ3v) is 5.53. The number of hydrogen-bond acceptors (Lipinski definition) is 6.